The molecule has 7 heteroatoms. The van der Waals surface area contributed by atoms with E-state index in [1.165, 1.54) is 29.7 Å². The summed E-state index contributed by atoms with van der Waals surface area (Å²) in [7, 11) is 0. The quantitative estimate of drug-likeness (QED) is 0.352. The molecule has 0 unspecified atom stereocenters. The van der Waals surface area contributed by atoms with Crippen molar-refractivity contribution in [1.82, 2.24) is 9.36 Å². The normalized spacial score (nSPS) is 10.6. The van der Waals surface area contributed by atoms with E-state index in [0.717, 1.165) is 5.16 Å². The Labute approximate surface area is 84.8 Å². The van der Waals surface area contributed by atoms with E-state index in [1.807, 2.05) is 13.2 Å². The van der Waals surface area contributed by atoms with Gasteiger partial charge < -0.3 is 4.74 Å². The second-order valence-electron chi connectivity index (χ2n) is 1.89. The largest absolute Gasteiger partial charge is 0.482 e. The Balaban J connectivity index is 2.36. The molecule has 0 spiro atoms. The summed E-state index contributed by atoms with van der Waals surface area (Å²) in [5.74, 6) is 0. The molecule has 0 aliphatic carbocycles. The Morgan fingerprint density at radius 3 is 3.23 bits per heavy atom. The molecule has 0 fully saturated rings. The number of thioether (sulfide) groups is 1. The molecule has 1 heterocycles. The molecule has 1 aromatic heterocycles. The van der Waals surface area contributed by atoms with Crippen molar-refractivity contribution in [2.75, 3.05) is 18.3 Å². The molecule has 1 N–H and O–H groups in total. The third-order valence-electron chi connectivity index (χ3n) is 1.04. The number of nitrogens with zero attached hydrogens (tertiary/aromatic N) is 3. The van der Waals surface area contributed by atoms with Crippen LogP contribution in [0.2, 0.25) is 0 Å². The predicted molar refractivity (Wildman–Crippen MR) is 55.4 cm³/mol. The number of ether oxygens (including phenoxy) is 1. The van der Waals surface area contributed by atoms with Crippen LogP contribution in [0.3, 0.4) is 0 Å². The number of anilines is 1. The number of hydrazone groups is 1. The topological polar surface area (TPSA) is 59.4 Å². The third kappa shape index (κ3) is 3.60. The molecule has 13 heavy (non-hydrogen) atoms. The second-order valence-corrected chi connectivity index (χ2v) is 3.41. The van der Waals surface area contributed by atoms with Crippen LogP contribution in [0.1, 0.15) is 6.92 Å². The van der Waals surface area contributed by atoms with Gasteiger partial charge >= 0.3 is 0 Å². The Morgan fingerprint density at radius 2 is 2.62 bits per heavy atom. The van der Waals surface area contributed by atoms with Gasteiger partial charge in [0.15, 0.2) is 6.40 Å². The lowest BCUT2D eigenvalue weighted by atomic mass is 10.9. The zero-order valence-corrected chi connectivity index (χ0v) is 8.98. The van der Waals surface area contributed by atoms with E-state index < -0.39 is 0 Å². The van der Waals surface area contributed by atoms with Crippen LogP contribution in [0.4, 0.5) is 5.13 Å². The number of nitrogens with one attached hydrogen (secondary N) is 1. The highest BCUT2D eigenvalue weighted by Gasteiger charge is 1.99. The first-order valence-electron chi connectivity index (χ1n) is 3.63. The predicted octanol–water partition coefficient (Wildman–Crippen LogP) is 1.65. The van der Waals surface area contributed by atoms with Crippen molar-refractivity contribution in [2.45, 2.75) is 12.1 Å². The second kappa shape index (κ2) is 5.76. The third-order valence-corrected chi connectivity index (χ3v) is 2.33. The Morgan fingerprint density at radius 1 is 1.77 bits per heavy atom. The summed E-state index contributed by atoms with van der Waals surface area (Å²) in [6, 6.07) is 0. The number of aromatic nitrogens is 2. The first kappa shape index (κ1) is 10.3. The Bertz CT molecular complexity index is 275. The van der Waals surface area contributed by atoms with Crippen LogP contribution >= 0.6 is 23.3 Å². The lowest BCUT2D eigenvalue weighted by Gasteiger charge is -1.92. The molecule has 1 aromatic rings. The maximum absolute atomic E-state index is 4.89. The van der Waals surface area contributed by atoms with Crippen LogP contribution in [0.15, 0.2) is 10.3 Å². The molecular formula is C6H10N4OS2. The van der Waals surface area contributed by atoms with Gasteiger partial charge in [0.05, 0.1) is 6.61 Å². The minimum atomic E-state index is 0.608. The van der Waals surface area contributed by atoms with Crippen molar-refractivity contribution in [3.63, 3.8) is 0 Å². The van der Waals surface area contributed by atoms with Crippen molar-refractivity contribution in [3.05, 3.63) is 0 Å². The van der Waals surface area contributed by atoms with Gasteiger partial charge in [-0.3, -0.25) is 0 Å². The highest BCUT2D eigenvalue weighted by Crippen LogP contribution is 2.17. The molecule has 72 valence electrons. The number of rotatable bonds is 5. The summed E-state index contributed by atoms with van der Waals surface area (Å²) < 4.78 is 8.94. The Hall–Kier alpha value is -0.820. The van der Waals surface area contributed by atoms with Gasteiger partial charge in [0.25, 0.3) is 0 Å². The Kier molecular flexibility index (Phi) is 4.55. The van der Waals surface area contributed by atoms with Gasteiger partial charge in [0.2, 0.25) is 10.3 Å². The molecule has 0 atom stereocenters. The van der Waals surface area contributed by atoms with Gasteiger partial charge in [-0.25, -0.2) is 5.43 Å². The van der Waals surface area contributed by atoms with Crippen LogP contribution < -0.4 is 5.43 Å². The highest BCUT2D eigenvalue weighted by atomic mass is 32.2. The van der Waals surface area contributed by atoms with E-state index in [-0.39, 0.29) is 0 Å². The van der Waals surface area contributed by atoms with E-state index in [0.29, 0.717) is 11.7 Å². The number of hydrogen-bond donors (Lipinski definition) is 1. The van der Waals surface area contributed by atoms with E-state index in [1.54, 1.807) is 0 Å². The average molecular weight is 218 g/mol. The SMILES string of the molecule is CCO/C=N\Nc1nc(SC)ns1. The van der Waals surface area contributed by atoms with Crippen molar-refractivity contribution >= 4 is 34.8 Å². The first-order chi connectivity index (χ1) is 6.36. The molecule has 0 aromatic carbocycles. The fraction of sp³-hybridized carbons (Fsp3) is 0.500. The minimum Gasteiger partial charge on any atom is -0.482 e. The van der Waals surface area contributed by atoms with Gasteiger partial charge in [-0.15, -0.1) is 5.10 Å². The molecule has 0 aliphatic rings. The van der Waals surface area contributed by atoms with Crippen molar-refractivity contribution in [1.29, 1.82) is 0 Å². The summed E-state index contributed by atoms with van der Waals surface area (Å²) in [5.41, 5.74) is 2.71. The molecule has 0 bridgehead atoms. The van der Waals surface area contributed by atoms with Gasteiger partial charge in [-0.2, -0.15) is 9.36 Å². The van der Waals surface area contributed by atoms with Crippen molar-refractivity contribution < 1.29 is 4.74 Å². The molecule has 0 radical (unpaired) electrons. The molecule has 0 aliphatic heterocycles. The highest BCUT2D eigenvalue weighted by molar-refractivity contribution is 7.98. The smallest absolute Gasteiger partial charge is 0.224 e. The summed E-state index contributed by atoms with van der Waals surface area (Å²) in [5, 5.41) is 5.20. The van der Waals surface area contributed by atoms with E-state index >= 15 is 0 Å². The van der Waals surface area contributed by atoms with Crippen LogP contribution in [-0.2, 0) is 4.74 Å². The monoisotopic (exact) mass is 218 g/mol. The molecule has 5 nitrogen and oxygen atoms in total. The van der Waals surface area contributed by atoms with Crippen LogP contribution in [-0.4, -0.2) is 28.6 Å². The van der Waals surface area contributed by atoms with Crippen LogP contribution in [0.25, 0.3) is 0 Å². The van der Waals surface area contributed by atoms with E-state index in [9.17, 15) is 0 Å². The molecule has 0 saturated carbocycles. The molecule has 0 saturated heterocycles. The van der Waals surface area contributed by atoms with Crippen LogP contribution in [0.5, 0.6) is 0 Å². The van der Waals surface area contributed by atoms with Gasteiger partial charge in [-0.05, 0) is 13.2 Å². The molecular weight excluding hydrogens is 208 g/mol. The van der Waals surface area contributed by atoms with Crippen molar-refractivity contribution in [3.8, 4) is 0 Å². The zero-order chi connectivity index (χ0) is 9.52. The maximum Gasteiger partial charge on any atom is 0.224 e. The van der Waals surface area contributed by atoms with E-state index in [2.05, 4.69) is 19.9 Å². The zero-order valence-electron chi connectivity index (χ0n) is 7.35. The van der Waals surface area contributed by atoms with Gasteiger partial charge in [-0.1, -0.05) is 11.8 Å². The maximum atomic E-state index is 4.89. The summed E-state index contributed by atoms with van der Waals surface area (Å²) in [4.78, 5) is 4.12. The van der Waals surface area contributed by atoms with Gasteiger partial charge in [0.1, 0.15) is 0 Å². The summed E-state index contributed by atoms with van der Waals surface area (Å²) >= 11 is 2.77. The lowest BCUT2D eigenvalue weighted by Crippen LogP contribution is -1.91. The number of hydrogen-bond acceptors (Lipinski definition) is 7. The van der Waals surface area contributed by atoms with Gasteiger partial charge in [0, 0.05) is 11.5 Å². The fourth-order valence-electron chi connectivity index (χ4n) is 0.532. The molecule has 0 amide bonds. The summed E-state index contributed by atoms with van der Waals surface area (Å²) in [6.07, 6.45) is 3.27. The molecule has 1 rings (SSSR count). The van der Waals surface area contributed by atoms with Crippen molar-refractivity contribution in [2.24, 2.45) is 5.10 Å². The lowest BCUT2D eigenvalue weighted by molar-refractivity contribution is 0.343. The van der Waals surface area contributed by atoms with Crippen LogP contribution in [0, 0.1) is 0 Å². The fourth-order valence-corrected chi connectivity index (χ4v) is 1.61. The standard InChI is InChI=1S/C6H10N4OS2/c1-3-11-4-7-9-5-8-6(12-2)10-13-5/h4H,3H2,1-2H3,(H,8,9,10)/b7-4-. The minimum absolute atomic E-state index is 0.608. The summed E-state index contributed by atoms with van der Waals surface area (Å²) in [6.45, 7) is 2.50. The average Bonchev–Trinajstić information content (AvgIpc) is 2.60. The van der Waals surface area contributed by atoms with E-state index in [4.69, 9.17) is 4.74 Å². The first-order valence-corrected chi connectivity index (χ1v) is 5.63.